The maximum atomic E-state index is 14.5. The quantitative estimate of drug-likeness (QED) is 0.148. The highest BCUT2D eigenvalue weighted by atomic mass is 19.1. The standard InChI is InChI=1S/C63H45FN2/c1-63(2)58-25-15-14-23-53(58)54-39-38-51(40-59(54)63)65(49-36-30-47(64)31-37-49)48-34-28-44(29-35-48)56-41-57-60(45-18-8-4-9-19-45)61(46-20-10-5-11-21-46)66(62(57)55-24-13-12-22-52(55)56)50-32-26-43(27-33-50)42-16-6-3-7-17-42/h3-41H,1-2H3. The third-order valence-electron chi connectivity index (χ3n) is 13.7. The van der Waals surface area contributed by atoms with Crippen LogP contribution < -0.4 is 4.90 Å². The van der Waals surface area contributed by atoms with Crippen molar-refractivity contribution < 1.29 is 4.39 Å². The summed E-state index contributed by atoms with van der Waals surface area (Å²) in [5.74, 6) is -0.259. The van der Waals surface area contributed by atoms with E-state index in [0.717, 1.165) is 50.7 Å². The lowest BCUT2D eigenvalue weighted by Gasteiger charge is -2.28. The Morgan fingerprint density at radius 1 is 0.379 bits per heavy atom. The molecule has 0 saturated carbocycles. The van der Waals surface area contributed by atoms with Gasteiger partial charge in [-0.05, 0) is 128 Å². The highest BCUT2D eigenvalue weighted by Gasteiger charge is 2.36. The van der Waals surface area contributed by atoms with Gasteiger partial charge in [-0.15, -0.1) is 0 Å². The molecule has 11 aromatic rings. The Hall–Kier alpha value is -8.27. The van der Waals surface area contributed by atoms with Gasteiger partial charge in [0.2, 0.25) is 0 Å². The van der Waals surface area contributed by atoms with E-state index in [0.29, 0.717) is 0 Å². The third kappa shape index (κ3) is 6.46. The van der Waals surface area contributed by atoms with Gasteiger partial charge < -0.3 is 9.47 Å². The van der Waals surface area contributed by atoms with Crippen LogP contribution in [0.15, 0.2) is 237 Å². The number of nitrogens with zero attached hydrogens (tertiary/aromatic N) is 2. The van der Waals surface area contributed by atoms with Crippen molar-refractivity contribution in [3.8, 4) is 61.5 Å². The molecule has 0 unspecified atom stereocenters. The molecule has 0 N–H and O–H groups in total. The molecular formula is C63H45FN2. The summed E-state index contributed by atoms with van der Waals surface area (Å²) in [6, 6.07) is 83.7. The molecule has 1 aliphatic rings. The topological polar surface area (TPSA) is 8.17 Å². The first-order chi connectivity index (χ1) is 32.4. The minimum Gasteiger partial charge on any atom is -0.310 e. The molecule has 0 atom stereocenters. The molecular weight excluding hydrogens is 804 g/mol. The summed E-state index contributed by atoms with van der Waals surface area (Å²) in [7, 11) is 0. The summed E-state index contributed by atoms with van der Waals surface area (Å²) in [6.45, 7) is 4.61. The van der Waals surface area contributed by atoms with E-state index in [-0.39, 0.29) is 11.2 Å². The molecule has 0 saturated heterocycles. The SMILES string of the molecule is CC1(C)c2ccccc2-c2ccc(N(c3ccc(F)cc3)c3ccc(-c4cc5c(-c6ccccc6)c(-c6ccccc6)n(-c6ccc(-c7ccccc7)cc6)c5c5ccccc45)cc3)cc21. The summed E-state index contributed by atoms with van der Waals surface area (Å²) in [4.78, 5) is 2.24. The summed E-state index contributed by atoms with van der Waals surface area (Å²) < 4.78 is 17.0. The second kappa shape index (κ2) is 15.8. The molecule has 0 fully saturated rings. The van der Waals surface area contributed by atoms with Crippen LogP contribution in [0.3, 0.4) is 0 Å². The van der Waals surface area contributed by atoms with Gasteiger partial charge in [-0.1, -0.05) is 184 Å². The molecule has 0 radical (unpaired) electrons. The van der Waals surface area contributed by atoms with Crippen LogP contribution in [0.5, 0.6) is 0 Å². The van der Waals surface area contributed by atoms with E-state index in [2.05, 4.69) is 236 Å². The summed E-state index contributed by atoms with van der Waals surface area (Å²) in [5.41, 5.74) is 19.5. The minimum absolute atomic E-state index is 0.163. The molecule has 2 nitrogen and oxygen atoms in total. The van der Waals surface area contributed by atoms with Crippen molar-refractivity contribution in [2.45, 2.75) is 19.3 Å². The Labute approximate surface area is 385 Å². The molecule has 0 spiro atoms. The number of benzene rings is 10. The van der Waals surface area contributed by atoms with Crippen molar-refractivity contribution in [2.24, 2.45) is 0 Å². The van der Waals surface area contributed by atoms with Crippen molar-refractivity contribution in [3.05, 3.63) is 254 Å². The van der Waals surface area contributed by atoms with Crippen LogP contribution in [-0.4, -0.2) is 4.57 Å². The Kier molecular flexibility index (Phi) is 9.39. The lowest BCUT2D eigenvalue weighted by Crippen LogP contribution is -2.16. The lowest BCUT2D eigenvalue weighted by atomic mass is 9.82. The van der Waals surface area contributed by atoms with Crippen LogP contribution in [0.25, 0.3) is 83.1 Å². The van der Waals surface area contributed by atoms with Gasteiger partial charge in [0.1, 0.15) is 5.82 Å². The Morgan fingerprint density at radius 3 is 1.58 bits per heavy atom. The van der Waals surface area contributed by atoms with Crippen molar-refractivity contribution in [2.75, 3.05) is 4.90 Å². The zero-order chi connectivity index (χ0) is 44.4. The van der Waals surface area contributed by atoms with Crippen LogP contribution in [-0.2, 0) is 5.41 Å². The number of rotatable bonds is 8. The molecule has 66 heavy (non-hydrogen) atoms. The fraction of sp³-hybridized carbons (Fsp3) is 0.0476. The number of fused-ring (bicyclic) bond motifs is 6. The molecule has 0 aliphatic heterocycles. The highest BCUT2D eigenvalue weighted by Crippen LogP contribution is 2.51. The van der Waals surface area contributed by atoms with Crippen molar-refractivity contribution in [1.82, 2.24) is 4.57 Å². The van der Waals surface area contributed by atoms with E-state index in [9.17, 15) is 4.39 Å². The van der Waals surface area contributed by atoms with Gasteiger partial charge in [-0.3, -0.25) is 0 Å². The van der Waals surface area contributed by atoms with Crippen LogP contribution in [0.2, 0.25) is 0 Å². The fourth-order valence-corrected chi connectivity index (χ4v) is 10.5. The van der Waals surface area contributed by atoms with E-state index < -0.39 is 0 Å². The molecule has 0 amide bonds. The Bertz CT molecular complexity index is 3570. The zero-order valence-corrected chi connectivity index (χ0v) is 36.8. The molecule has 1 heterocycles. The molecule has 10 aromatic carbocycles. The Morgan fingerprint density at radius 2 is 0.894 bits per heavy atom. The second-order valence-corrected chi connectivity index (χ2v) is 17.8. The fourth-order valence-electron chi connectivity index (χ4n) is 10.5. The smallest absolute Gasteiger partial charge is 0.123 e. The first-order valence-electron chi connectivity index (χ1n) is 22.7. The molecule has 1 aliphatic carbocycles. The maximum Gasteiger partial charge on any atom is 0.123 e. The predicted octanol–water partition coefficient (Wildman–Crippen LogP) is 17.4. The number of aromatic nitrogens is 1. The summed E-state index contributed by atoms with van der Waals surface area (Å²) in [5, 5.41) is 3.53. The van der Waals surface area contributed by atoms with Crippen LogP contribution in [0, 0.1) is 5.82 Å². The molecule has 314 valence electrons. The van der Waals surface area contributed by atoms with E-state index in [1.807, 2.05) is 12.1 Å². The van der Waals surface area contributed by atoms with Crippen LogP contribution in [0.4, 0.5) is 21.5 Å². The van der Waals surface area contributed by atoms with Crippen molar-refractivity contribution >= 4 is 38.7 Å². The molecule has 1 aromatic heterocycles. The summed E-state index contributed by atoms with van der Waals surface area (Å²) >= 11 is 0. The number of halogens is 1. The van der Waals surface area contributed by atoms with E-state index in [1.165, 1.54) is 60.6 Å². The minimum atomic E-state index is -0.259. The van der Waals surface area contributed by atoms with E-state index in [4.69, 9.17) is 0 Å². The van der Waals surface area contributed by atoms with E-state index >= 15 is 0 Å². The first-order valence-corrected chi connectivity index (χ1v) is 22.7. The predicted molar refractivity (Wildman–Crippen MR) is 275 cm³/mol. The van der Waals surface area contributed by atoms with Crippen molar-refractivity contribution in [3.63, 3.8) is 0 Å². The highest BCUT2D eigenvalue weighted by molar-refractivity contribution is 6.20. The second-order valence-electron chi connectivity index (χ2n) is 17.8. The largest absolute Gasteiger partial charge is 0.310 e. The van der Waals surface area contributed by atoms with Gasteiger partial charge in [-0.2, -0.15) is 0 Å². The van der Waals surface area contributed by atoms with Crippen molar-refractivity contribution in [1.29, 1.82) is 0 Å². The van der Waals surface area contributed by atoms with Gasteiger partial charge >= 0.3 is 0 Å². The number of hydrogen-bond acceptors (Lipinski definition) is 1. The number of hydrogen-bond donors (Lipinski definition) is 0. The maximum absolute atomic E-state index is 14.5. The van der Waals surface area contributed by atoms with E-state index in [1.54, 1.807) is 12.1 Å². The molecule has 12 rings (SSSR count). The normalized spacial score (nSPS) is 12.6. The summed E-state index contributed by atoms with van der Waals surface area (Å²) in [6.07, 6.45) is 0. The lowest BCUT2D eigenvalue weighted by molar-refractivity contribution is 0.628. The Balaban J connectivity index is 1.05. The van der Waals surface area contributed by atoms with Gasteiger partial charge in [0.05, 0.1) is 11.2 Å². The monoisotopic (exact) mass is 848 g/mol. The first kappa shape index (κ1) is 39.3. The zero-order valence-electron chi connectivity index (χ0n) is 36.8. The third-order valence-corrected chi connectivity index (χ3v) is 13.7. The number of anilines is 3. The van der Waals surface area contributed by atoms with Gasteiger partial charge in [-0.25, -0.2) is 4.39 Å². The van der Waals surface area contributed by atoms with Gasteiger partial charge in [0.25, 0.3) is 0 Å². The van der Waals surface area contributed by atoms with Crippen LogP contribution >= 0.6 is 0 Å². The molecule has 0 bridgehead atoms. The average molecular weight is 849 g/mol. The molecule has 3 heteroatoms. The van der Waals surface area contributed by atoms with Gasteiger partial charge in [0, 0.05) is 44.5 Å². The van der Waals surface area contributed by atoms with Gasteiger partial charge in [0.15, 0.2) is 0 Å². The average Bonchev–Trinajstić information content (AvgIpc) is 3.84. The van der Waals surface area contributed by atoms with Crippen LogP contribution in [0.1, 0.15) is 25.0 Å².